The first kappa shape index (κ1) is 25.3. The number of esters is 1. The minimum absolute atomic E-state index is 0.0152. The Balaban J connectivity index is 3.27. The second-order valence-electron chi connectivity index (χ2n) is 7.59. The summed E-state index contributed by atoms with van der Waals surface area (Å²) in [5.74, 6) is -2.09. The fourth-order valence-corrected chi connectivity index (χ4v) is 3.07. The Kier molecular flexibility index (Phi) is 16.0. The highest BCUT2D eigenvalue weighted by Gasteiger charge is 2.40. The van der Waals surface area contributed by atoms with Crippen LogP contribution >= 0.6 is 0 Å². The Hall–Kier alpha value is -0.740. The average Bonchev–Trinajstić information content (AvgIpc) is 2.59. The topological polar surface area (TPSA) is 26.3 Å². The van der Waals surface area contributed by atoms with E-state index in [1.807, 2.05) is 6.92 Å². The van der Waals surface area contributed by atoms with Crippen molar-refractivity contribution in [3.05, 3.63) is 0 Å². The minimum Gasteiger partial charge on any atom is -0.459 e. The highest BCUT2D eigenvalue weighted by molar-refractivity contribution is 5.75. The fourth-order valence-electron chi connectivity index (χ4n) is 3.07. The van der Waals surface area contributed by atoms with Crippen LogP contribution in [0, 0.1) is 5.92 Å². The zero-order chi connectivity index (χ0) is 19.7. The molecule has 0 aliphatic rings. The van der Waals surface area contributed by atoms with Crippen LogP contribution in [0.1, 0.15) is 110 Å². The number of hydrogen-bond donors (Lipinski definition) is 0. The molecule has 0 bridgehead atoms. The minimum atomic E-state index is -4.88. The smallest absolute Gasteiger partial charge is 0.459 e. The molecule has 0 heterocycles. The monoisotopic (exact) mass is 380 g/mol. The van der Waals surface area contributed by atoms with Crippen molar-refractivity contribution in [3.63, 3.8) is 0 Å². The Bertz CT molecular complexity index is 330. The molecule has 1 atom stereocenters. The largest absolute Gasteiger partial charge is 0.490 e. The van der Waals surface area contributed by atoms with E-state index in [1.165, 1.54) is 77.0 Å². The van der Waals surface area contributed by atoms with Gasteiger partial charge in [0.05, 0.1) is 6.61 Å². The quantitative estimate of drug-likeness (QED) is 0.192. The summed E-state index contributed by atoms with van der Waals surface area (Å²) < 4.78 is 40.3. The molecule has 0 spiro atoms. The molecule has 0 fully saturated rings. The molecule has 0 saturated heterocycles. The van der Waals surface area contributed by atoms with Crippen LogP contribution in [0.15, 0.2) is 0 Å². The SMILES string of the molecule is CCCCCCCCCCCCCCCCC(C)COC(=O)C(F)(F)F. The van der Waals surface area contributed by atoms with Crippen molar-refractivity contribution in [2.45, 2.75) is 116 Å². The van der Waals surface area contributed by atoms with Gasteiger partial charge in [-0.3, -0.25) is 0 Å². The fraction of sp³-hybridized carbons (Fsp3) is 0.952. The van der Waals surface area contributed by atoms with Crippen LogP contribution in [-0.2, 0) is 9.53 Å². The van der Waals surface area contributed by atoms with Crippen molar-refractivity contribution in [2.75, 3.05) is 6.61 Å². The number of rotatable bonds is 17. The molecule has 0 N–H and O–H groups in total. The zero-order valence-electron chi connectivity index (χ0n) is 16.8. The Labute approximate surface area is 158 Å². The highest BCUT2D eigenvalue weighted by Crippen LogP contribution is 2.19. The van der Waals surface area contributed by atoms with E-state index in [2.05, 4.69) is 11.7 Å². The summed E-state index contributed by atoms with van der Waals surface area (Å²) >= 11 is 0. The molecule has 0 aliphatic carbocycles. The third-order valence-corrected chi connectivity index (χ3v) is 4.78. The summed E-state index contributed by atoms with van der Waals surface area (Å²) in [6.45, 7) is 3.93. The van der Waals surface area contributed by atoms with Crippen LogP contribution in [0.2, 0.25) is 0 Å². The van der Waals surface area contributed by atoms with Crippen LogP contribution < -0.4 is 0 Å². The molecule has 0 amide bonds. The van der Waals surface area contributed by atoms with Gasteiger partial charge in [-0.2, -0.15) is 13.2 Å². The van der Waals surface area contributed by atoms with Gasteiger partial charge in [-0.1, -0.05) is 104 Å². The molecule has 0 aromatic heterocycles. The second-order valence-corrected chi connectivity index (χ2v) is 7.59. The van der Waals surface area contributed by atoms with E-state index in [4.69, 9.17) is 0 Å². The third kappa shape index (κ3) is 16.7. The third-order valence-electron chi connectivity index (χ3n) is 4.78. The molecular formula is C21H39F3O2. The van der Waals surface area contributed by atoms with Crippen molar-refractivity contribution < 1.29 is 22.7 Å². The van der Waals surface area contributed by atoms with E-state index in [-0.39, 0.29) is 12.5 Å². The van der Waals surface area contributed by atoms with E-state index in [9.17, 15) is 18.0 Å². The highest BCUT2D eigenvalue weighted by atomic mass is 19.4. The lowest BCUT2D eigenvalue weighted by molar-refractivity contribution is -0.200. The van der Waals surface area contributed by atoms with Crippen molar-refractivity contribution in [3.8, 4) is 0 Å². The molecule has 26 heavy (non-hydrogen) atoms. The van der Waals surface area contributed by atoms with Gasteiger partial charge in [-0.25, -0.2) is 4.79 Å². The number of alkyl halides is 3. The van der Waals surface area contributed by atoms with Gasteiger partial charge < -0.3 is 4.74 Å². The summed E-state index contributed by atoms with van der Waals surface area (Å²) in [5, 5.41) is 0. The summed E-state index contributed by atoms with van der Waals surface area (Å²) in [7, 11) is 0. The molecule has 0 aliphatic heterocycles. The molecule has 156 valence electrons. The van der Waals surface area contributed by atoms with E-state index in [0.29, 0.717) is 0 Å². The van der Waals surface area contributed by atoms with Gasteiger partial charge in [-0.15, -0.1) is 0 Å². The van der Waals surface area contributed by atoms with Crippen molar-refractivity contribution in [1.29, 1.82) is 0 Å². The standard InChI is InChI=1S/C21H39F3O2/c1-3-4-5-6-7-8-9-10-11-12-13-14-15-16-17-19(2)18-26-20(25)21(22,23)24/h19H,3-18H2,1-2H3. The van der Waals surface area contributed by atoms with Crippen LogP contribution in [0.25, 0.3) is 0 Å². The first-order valence-corrected chi connectivity index (χ1v) is 10.6. The van der Waals surface area contributed by atoms with Crippen LogP contribution in [0.5, 0.6) is 0 Å². The second kappa shape index (κ2) is 16.4. The maximum Gasteiger partial charge on any atom is 0.490 e. The molecular weight excluding hydrogens is 341 g/mol. The number of halogens is 3. The summed E-state index contributed by atoms with van der Waals surface area (Å²) in [6, 6.07) is 0. The lowest BCUT2D eigenvalue weighted by Crippen LogP contribution is -2.27. The number of carbonyl (C=O) groups is 1. The molecule has 0 saturated carbocycles. The van der Waals surface area contributed by atoms with E-state index < -0.39 is 12.1 Å². The normalized spacial score (nSPS) is 13.0. The average molecular weight is 381 g/mol. The van der Waals surface area contributed by atoms with Gasteiger partial charge in [0.2, 0.25) is 0 Å². The molecule has 2 nitrogen and oxygen atoms in total. The first-order valence-electron chi connectivity index (χ1n) is 10.6. The van der Waals surface area contributed by atoms with Crippen molar-refractivity contribution in [1.82, 2.24) is 0 Å². The predicted octanol–water partition coefficient (Wildman–Crippen LogP) is 7.60. The van der Waals surface area contributed by atoms with Gasteiger partial charge in [0.25, 0.3) is 0 Å². The molecule has 0 rings (SSSR count). The maximum atomic E-state index is 12.0. The number of hydrogen-bond acceptors (Lipinski definition) is 2. The first-order chi connectivity index (χ1) is 12.4. The molecule has 1 unspecified atom stereocenters. The van der Waals surface area contributed by atoms with Crippen LogP contribution in [-0.4, -0.2) is 18.8 Å². The van der Waals surface area contributed by atoms with Crippen LogP contribution in [0.3, 0.4) is 0 Å². The lowest BCUT2D eigenvalue weighted by atomic mass is 10.0. The molecule has 0 radical (unpaired) electrons. The Morgan fingerprint density at radius 2 is 1.15 bits per heavy atom. The van der Waals surface area contributed by atoms with Crippen molar-refractivity contribution in [2.24, 2.45) is 5.92 Å². The van der Waals surface area contributed by atoms with E-state index in [1.54, 1.807) is 0 Å². The number of carbonyl (C=O) groups excluding carboxylic acids is 1. The predicted molar refractivity (Wildman–Crippen MR) is 101 cm³/mol. The van der Waals surface area contributed by atoms with Gasteiger partial charge in [0, 0.05) is 0 Å². The van der Waals surface area contributed by atoms with Gasteiger partial charge >= 0.3 is 12.1 Å². The number of unbranched alkanes of at least 4 members (excludes halogenated alkanes) is 13. The Morgan fingerprint density at radius 1 is 0.769 bits per heavy atom. The summed E-state index contributed by atoms with van der Waals surface area (Å²) in [6.07, 6.45) is 14.0. The van der Waals surface area contributed by atoms with Gasteiger partial charge in [0.15, 0.2) is 0 Å². The van der Waals surface area contributed by atoms with Gasteiger partial charge in [-0.05, 0) is 12.3 Å². The number of ether oxygens (including phenoxy) is 1. The van der Waals surface area contributed by atoms with E-state index in [0.717, 1.165) is 19.3 Å². The van der Waals surface area contributed by atoms with Crippen molar-refractivity contribution >= 4 is 5.97 Å². The van der Waals surface area contributed by atoms with E-state index >= 15 is 0 Å². The Morgan fingerprint density at radius 3 is 1.54 bits per heavy atom. The van der Waals surface area contributed by atoms with Gasteiger partial charge in [0.1, 0.15) is 0 Å². The summed E-state index contributed by atoms with van der Waals surface area (Å²) in [4.78, 5) is 10.6. The zero-order valence-corrected chi connectivity index (χ0v) is 16.8. The molecule has 0 aromatic carbocycles. The molecule has 5 heteroatoms. The lowest BCUT2D eigenvalue weighted by Gasteiger charge is -2.13. The maximum absolute atomic E-state index is 12.0. The molecule has 0 aromatic rings. The summed E-state index contributed by atoms with van der Waals surface area (Å²) in [5.41, 5.74) is 0. The van der Waals surface area contributed by atoms with Crippen LogP contribution in [0.4, 0.5) is 13.2 Å².